The third kappa shape index (κ3) is 13.0. The first kappa shape index (κ1) is 33.2. The number of carbonyl (C=O) groups is 3. The van der Waals surface area contributed by atoms with Crippen molar-refractivity contribution in [2.45, 2.75) is 46.1 Å². The van der Waals surface area contributed by atoms with E-state index in [-0.39, 0.29) is 55.1 Å². The van der Waals surface area contributed by atoms with Gasteiger partial charge in [0.2, 0.25) is 0 Å². The van der Waals surface area contributed by atoms with E-state index < -0.39 is 29.2 Å². The Bertz CT molecular complexity index is 955. The van der Waals surface area contributed by atoms with Crippen LogP contribution in [0.15, 0.2) is 12.1 Å². The number of nitro benzene ring substituents is 1. The van der Waals surface area contributed by atoms with Crippen LogP contribution in [0.25, 0.3) is 0 Å². The van der Waals surface area contributed by atoms with Gasteiger partial charge in [0, 0.05) is 26.0 Å². The average molecular weight is 559 g/mol. The molecule has 1 atom stereocenters. The summed E-state index contributed by atoms with van der Waals surface area (Å²) >= 11 is 0. The number of nitrogens with one attached hydrogen (secondary N) is 1. The largest absolute Gasteiger partial charge is 0.508 e. The molecule has 14 nitrogen and oxygen atoms in total. The van der Waals surface area contributed by atoms with Crippen molar-refractivity contribution in [2.24, 2.45) is 5.41 Å². The number of nitro groups is 1. The molecule has 0 aliphatic rings. The number of methoxy groups -OCH3 is 3. The molecular weight excluding hydrogens is 520 g/mol. The fourth-order valence-electron chi connectivity index (χ4n) is 3.37. The van der Waals surface area contributed by atoms with E-state index in [1.807, 2.05) is 0 Å². The number of hydrogen-bond acceptors (Lipinski definition) is 12. The van der Waals surface area contributed by atoms with Crippen LogP contribution >= 0.6 is 0 Å². The third-order valence-electron chi connectivity index (χ3n) is 5.39. The number of carbonyl (C=O) groups excluding carboxylic acids is 3. The van der Waals surface area contributed by atoms with Gasteiger partial charge in [-0.2, -0.15) is 0 Å². The van der Waals surface area contributed by atoms with Crippen molar-refractivity contribution < 1.29 is 52.5 Å². The van der Waals surface area contributed by atoms with Crippen molar-refractivity contribution in [3.05, 3.63) is 27.8 Å². The number of amides is 1. The lowest BCUT2D eigenvalue weighted by atomic mass is 9.93. The molecule has 0 aliphatic carbocycles. The molecule has 1 aromatic rings. The second-order valence-electron chi connectivity index (χ2n) is 8.91. The van der Waals surface area contributed by atoms with E-state index in [4.69, 9.17) is 33.2 Å². The van der Waals surface area contributed by atoms with Crippen LogP contribution in [-0.2, 0) is 35.1 Å². The van der Waals surface area contributed by atoms with Crippen molar-refractivity contribution in [3.8, 4) is 11.5 Å². The monoisotopic (exact) mass is 558 g/mol. The van der Waals surface area contributed by atoms with Crippen LogP contribution in [0.1, 0.15) is 45.1 Å². The maximum Gasteiger partial charge on any atom is 0.508 e. The lowest BCUT2D eigenvalue weighted by molar-refractivity contribution is -0.385. The number of nitrogens with zero attached hydrogens (tertiary/aromatic N) is 1. The molecule has 1 unspecified atom stereocenters. The Labute approximate surface area is 227 Å². The first-order valence-corrected chi connectivity index (χ1v) is 12.3. The second kappa shape index (κ2) is 17.7. The highest BCUT2D eigenvalue weighted by Gasteiger charge is 2.28. The highest BCUT2D eigenvalue weighted by molar-refractivity contribution is 5.67. The van der Waals surface area contributed by atoms with Gasteiger partial charge in [0.05, 0.1) is 50.6 Å². The molecule has 0 saturated heterocycles. The molecule has 0 spiro atoms. The van der Waals surface area contributed by atoms with E-state index >= 15 is 0 Å². The minimum atomic E-state index is -0.847. The molecule has 0 aliphatic heterocycles. The Balaban J connectivity index is 2.49. The molecule has 1 aromatic carbocycles. The van der Waals surface area contributed by atoms with Gasteiger partial charge < -0.3 is 38.5 Å². The average Bonchev–Trinajstić information content (AvgIpc) is 2.90. The molecule has 1 N–H and O–H groups in total. The molecular formula is C25H38N2O12. The van der Waals surface area contributed by atoms with Crippen LogP contribution in [-0.4, -0.2) is 77.4 Å². The molecule has 0 bridgehead atoms. The van der Waals surface area contributed by atoms with Gasteiger partial charge in [-0.15, -0.1) is 0 Å². The van der Waals surface area contributed by atoms with Gasteiger partial charge in [-0.25, -0.2) is 9.59 Å². The van der Waals surface area contributed by atoms with E-state index in [2.05, 4.69) is 5.32 Å². The summed E-state index contributed by atoms with van der Waals surface area (Å²) in [6.45, 7) is 3.30. The van der Waals surface area contributed by atoms with Gasteiger partial charge in [-0.05, 0) is 31.7 Å². The van der Waals surface area contributed by atoms with Crippen molar-refractivity contribution in [1.29, 1.82) is 0 Å². The van der Waals surface area contributed by atoms with Gasteiger partial charge in [0.1, 0.15) is 13.2 Å². The van der Waals surface area contributed by atoms with E-state index in [1.165, 1.54) is 40.4 Å². The van der Waals surface area contributed by atoms with Crippen LogP contribution in [0.4, 0.5) is 15.3 Å². The Morgan fingerprint density at radius 3 is 2.08 bits per heavy atom. The molecule has 0 heterocycles. The highest BCUT2D eigenvalue weighted by Crippen LogP contribution is 2.34. The molecule has 0 saturated carbocycles. The summed E-state index contributed by atoms with van der Waals surface area (Å²) in [5.74, 6) is 0.107. The Hall–Kier alpha value is -3.81. The third-order valence-corrected chi connectivity index (χ3v) is 5.39. The van der Waals surface area contributed by atoms with Crippen LogP contribution in [0.5, 0.6) is 11.5 Å². The zero-order chi connectivity index (χ0) is 29.3. The first-order valence-electron chi connectivity index (χ1n) is 12.3. The number of esters is 1. The lowest BCUT2D eigenvalue weighted by Gasteiger charge is -2.28. The predicted octanol–water partition coefficient (Wildman–Crippen LogP) is 3.77. The minimum Gasteiger partial charge on any atom is -0.493 e. The molecule has 1 amide bonds. The fourth-order valence-corrected chi connectivity index (χ4v) is 3.37. The molecule has 39 heavy (non-hydrogen) atoms. The number of rotatable bonds is 18. The lowest BCUT2D eigenvalue weighted by Crippen LogP contribution is -2.42. The highest BCUT2D eigenvalue weighted by atomic mass is 16.7. The number of hydrogen-bond donors (Lipinski definition) is 1. The predicted molar refractivity (Wildman–Crippen MR) is 137 cm³/mol. The van der Waals surface area contributed by atoms with Crippen LogP contribution < -0.4 is 14.8 Å². The summed E-state index contributed by atoms with van der Waals surface area (Å²) in [6, 6.07) is 2.55. The summed E-state index contributed by atoms with van der Waals surface area (Å²) in [6.07, 6.45) is 1.32. The van der Waals surface area contributed by atoms with Gasteiger partial charge >= 0.3 is 18.2 Å². The minimum absolute atomic E-state index is 0.0172. The van der Waals surface area contributed by atoms with E-state index in [9.17, 15) is 24.5 Å². The summed E-state index contributed by atoms with van der Waals surface area (Å²) in [5.41, 5.74) is -0.986. The van der Waals surface area contributed by atoms with Crippen LogP contribution in [0.3, 0.4) is 0 Å². The second-order valence-corrected chi connectivity index (χ2v) is 8.91. The SMILES string of the molecule is COCC(C)(CNC(=O)OCc1cc(OC)c(OC)cc1[N+](=O)[O-])COC(=O)OCCCCCCOC(C)=O. The number of alkyl carbamates (subject to hydrolysis) is 1. The zero-order valence-electron chi connectivity index (χ0n) is 23.1. The maximum absolute atomic E-state index is 12.3. The smallest absolute Gasteiger partial charge is 0.493 e. The van der Waals surface area contributed by atoms with Gasteiger partial charge in [-0.1, -0.05) is 6.92 Å². The summed E-state index contributed by atoms with van der Waals surface area (Å²) in [7, 11) is 4.20. The van der Waals surface area contributed by atoms with Crippen molar-refractivity contribution in [1.82, 2.24) is 5.32 Å². The van der Waals surface area contributed by atoms with Crippen molar-refractivity contribution >= 4 is 23.9 Å². The first-order chi connectivity index (χ1) is 18.5. The Kier molecular flexibility index (Phi) is 15.0. The Morgan fingerprint density at radius 1 is 0.897 bits per heavy atom. The number of benzene rings is 1. The van der Waals surface area contributed by atoms with Gasteiger partial charge in [-0.3, -0.25) is 14.9 Å². The molecule has 0 radical (unpaired) electrons. The topological polar surface area (TPSA) is 171 Å². The zero-order valence-corrected chi connectivity index (χ0v) is 23.1. The standard InChI is InChI=1S/C25H38N2O12/c1-18(28)36-10-8-6-7-9-11-37-24(30)39-17-25(2,16-33-3)15-26-23(29)38-14-19-12-21(34-4)22(35-5)13-20(19)27(31)32/h12-13H,6-11,14-17H2,1-5H3,(H,26,29). The van der Waals surface area contributed by atoms with Crippen LogP contribution in [0.2, 0.25) is 0 Å². The van der Waals surface area contributed by atoms with E-state index in [0.29, 0.717) is 13.0 Å². The summed E-state index contributed by atoms with van der Waals surface area (Å²) in [4.78, 5) is 45.8. The van der Waals surface area contributed by atoms with Gasteiger partial charge in [0.25, 0.3) is 5.69 Å². The van der Waals surface area contributed by atoms with E-state index in [0.717, 1.165) is 19.3 Å². The number of ether oxygens (including phenoxy) is 7. The molecule has 14 heteroatoms. The quantitative estimate of drug-likeness (QED) is 0.0910. The molecule has 220 valence electrons. The van der Waals surface area contributed by atoms with Crippen molar-refractivity contribution in [3.63, 3.8) is 0 Å². The summed E-state index contributed by atoms with van der Waals surface area (Å²) < 4.78 is 35.7. The fraction of sp³-hybridized carbons (Fsp3) is 0.640. The van der Waals surface area contributed by atoms with Gasteiger partial charge in [0.15, 0.2) is 11.5 Å². The molecule has 1 rings (SSSR count). The van der Waals surface area contributed by atoms with E-state index in [1.54, 1.807) is 6.92 Å². The molecule has 0 aromatic heterocycles. The molecule has 0 fully saturated rings. The Morgan fingerprint density at radius 2 is 1.51 bits per heavy atom. The summed E-state index contributed by atoms with van der Waals surface area (Å²) in [5, 5.41) is 14.0. The van der Waals surface area contributed by atoms with Crippen molar-refractivity contribution in [2.75, 3.05) is 54.3 Å². The van der Waals surface area contributed by atoms with Crippen LogP contribution in [0, 0.1) is 15.5 Å². The normalized spacial score (nSPS) is 12.0. The number of unbranched alkanes of at least 4 members (excludes halogenated alkanes) is 3. The maximum atomic E-state index is 12.3.